The highest BCUT2D eigenvalue weighted by Gasteiger charge is 2.19. The number of amides is 1. The van der Waals surface area contributed by atoms with Gasteiger partial charge in [-0.25, -0.2) is 9.97 Å². The third-order valence-corrected chi connectivity index (χ3v) is 5.67. The van der Waals surface area contributed by atoms with Crippen LogP contribution < -0.4 is 25.6 Å². The van der Waals surface area contributed by atoms with E-state index in [4.69, 9.17) is 4.74 Å². The average molecular weight is 459 g/mol. The van der Waals surface area contributed by atoms with E-state index in [2.05, 4.69) is 36.1 Å². The zero-order valence-electron chi connectivity index (χ0n) is 19.0. The highest BCUT2D eigenvalue weighted by molar-refractivity contribution is 6.04. The van der Waals surface area contributed by atoms with Gasteiger partial charge in [0.25, 0.3) is 5.91 Å². The molecule has 0 aliphatic carbocycles. The quantitative estimate of drug-likeness (QED) is 0.333. The lowest BCUT2D eigenvalue weighted by molar-refractivity contribution is 0.102. The van der Waals surface area contributed by atoms with Crippen molar-refractivity contribution >= 4 is 34.3 Å². The van der Waals surface area contributed by atoms with Crippen LogP contribution in [0.2, 0.25) is 0 Å². The molecule has 1 aliphatic heterocycles. The molecule has 34 heavy (non-hydrogen) atoms. The van der Waals surface area contributed by atoms with E-state index in [-0.39, 0.29) is 5.91 Å². The van der Waals surface area contributed by atoms with Gasteiger partial charge in [-0.2, -0.15) is 5.10 Å². The predicted molar refractivity (Wildman–Crippen MR) is 132 cm³/mol. The highest BCUT2D eigenvalue weighted by Crippen LogP contribution is 2.33. The molecule has 5 rings (SSSR count). The topological polar surface area (TPSA) is 120 Å². The number of nitrogens with one attached hydrogen (secondary N) is 4. The van der Waals surface area contributed by atoms with Gasteiger partial charge in [-0.3, -0.25) is 9.89 Å². The first-order valence-corrected chi connectivity index (χ1v) is 11.1. The van der Waals surface area contributed by atoms with E-state index in [1.807, 2.05) is 31.1 Å². The Labute approximate surface area is 196 Å². The van der Waals surface area contributed by atoms with Crippen LogP contribution in [-0.2, 0) is 0 Å². The van der Waals surface area contributed by atoms with Gasteiger partial charge in [-0.1, -0.05) is 0 Å². The molecule has 10 nitrogen and oxygen atoms in total. The summed E-state index contributed by atoms with van der Waals surface area (Å²) in [6.45, 7) is 1.88. The Balaban J connectivity index is 1.31. The van der Waals surface area contributed by atoms with Gasteiger partial charge in [-0.15, -0.1) is 0 Å². The largest absolute Gasteiger partial charge is 0.456 e. The van der Waals surface area contributed by atoms with Crippen LogP contribution in [-0.4, -0.2) is 59.3 Å². The zero-order chi connectivity index (χ0) is 23.5. The lowest BCUT2D eigenvalue weighted by Crippen LogP contribution is -2.22. The molecule has 1 aliphatic rings. The molecular weight excluding hydrogens is 432 g/mol. The molecule has 4 aromatic rings. The van der Waals surface area contributed by atoms with Crippen LogP contribution in [0.4, 0.5) is 17.3 Å². The minimum Gasteiger partial charge on any atom is -0.456 e. The molecule has 3 aromatic heterocycles. The molecular formula is C24H26N8O2. The van der Waals surface area contributed by atoms with Crippen molar-refractivity contribution < 1.29 is 9.53 Å². The minimum absolute atomic E-state index is 0.243. The molecule has 1 atom stereocenters. The maximum Gasteiger partial charge on any atom is 0.256 e. The van der Waals surface area contributed by atoms with Crippen LogP contribution in [0, 0.1) is 0 Å². The molecule has 0 spiro atoms. The van der Waals surface area contributed by atoms with Gasteiger partial charge in [0.15, 0.2) is 11.5 Å². The van der Waals surface area contributed by atoms with Crippen molar-refractivity contribution in [2.45, 2.75) is 12.5 Å². The van der Waals surface area contributed by atoms with E-state index in [0.29, 0.717) is 34.6 Å². The van der Waals surface area contributed by atoms with Crippen molar-refractivity contribution in [1.82, 2.24) is 25.5 Å². The first kappa shape index (κ1) is 21.7. The summed E-state index contributed by atoms with van der Waals surface area (Å²) in [4.78, 5) is 23.2. The lowest BCUT2D eigenvalue weighted by Gasteiger charge is -2.13. The summed E-state index contributed by atoms with van der Waals surface area (Å²) in [6, 6.07) is 12.8. The fraction of sp³-hybridized carbons (Fsp3) is 0.250. The first-order valence-electron chi connectivity index (χ1n) is 11.1. The number of pyridine rings is 2. The van der Waals surface area contributed by atoms with Gasteiger partial charge >= 0.3 is 0 Å². The molecule has 1 saturated heterocycles. The Bertz CT molecular complexity index is 1300. The van der Waals surface area contributed by atoms with Crippen molar-refractivity contribution in [3.63, 3.8) is 0 Å². The van der Waals surface area contributed by atoms with Crippen molar-refractivity contribution in [2.75, 3.05) is 42.7 Å². The van der Waals surface area contributed by atoms with Gasteiger partial charge < -0.3 is 25.6 Å². The number of carbonyl (C=O) groups excluding carboxylic acids is 1. The molecule has 4 heterocycles. The van der Waals surface area contributed by atoms with Crippen LogP contribution in [0.3, 0.4) is 0 Å². The number of fused-ring (bicyclic) bond motifs is 1. The SMILES string of the molecule is CN(C)c1ccnc(NC(=O)c2ccc(Oc3ccnc4[nH]nc(NC5CCNC5)c34)cc2)c1. The summed E-state index contributed by atoms with van der Waals surface area (Å²) in [5.74, 6) is 2.21. The number of hydrogen-bond donors (Lipinski definition) is 4. The smallest absolute Gasteiger partial charge is 0.256 e. The maximum atomic E-state index is 12.7. The van der Waals surface area contributed by atoms with E-state index in [1.54, 1.807) is 42.7 Å². The second kappa shape index (κ2) is 9.36. The molecule has 4 N–H and O–H groups in total. The number of aromatic amines is 1. The average Bonchev–Trinajstić information content (AvgIpc) is 3.51. The Morgan fingerprint density at radius 3 is 2.71 bits per heavy atom. The number of rotatable bonds is 7. The van der Waals surface area contributed by atoms with E-state index in [1.165, 1.54) is 0 Å². The molecule has 1 aromatic carbocycles. The van der Waals surface area contributed by atoms with E-state index in [9.17, 15) is 4.79 Å². The van der Waals surface area contributed by atoms with Gasteiger partial charge in [-0.05, 0) is 43.3 Å². The molecule has 1 unspecified atom stereocenters. The van der Waals surface area contributed by atoms with Crippen LogP contribution in [0.15, 0.2) is 54.9 Å². The van der Waals surface area contributed by atoms with Crippen molar-refractivity contribution in [1.29, 1.82) is 0 Å². The van der Waals surface area contributed by atoms with E-state index < -0.39 is 0 Å². The van der Waals surface area contributed by atoms with Crippen LogP contribution in [0.1, 0.15) is 16.8 Å². The number of ether oxygens (including phenoxy) is 1. The number of benzene rings is 1. The molecule has 0 radical (unpaired) electrons. The van der Waals surface area contributed by atoms with Gasteiger partial charge in [0.05, 0.1) is 0 Å². The second-order valence-electron chi connectivity index (χ2n) is 8.31. The molecule has 0 bridgehead atoms. The molecule has 174 valence electrons. The molecule has 0 saturated carbocycles. The predicted octanol–water partition coefficient (Wildman–Crippen LogP) is 3.24. The van der Waals surface area contributed by atoms with Crippen LogP contribution in [0.5, 0.6) is 11.5 Å². The fourth-order valence-electron chi connectivity index (χ4n) is 3.84. The summed E-state index contributed by atoms with van der Waals surface area (Å²) in [6.07, 6.45) is 4.37. The second-order valence-corrected chi connectivity index (χ2v) is 8.31. The fourth-order valence-corrected chi connectivity index (χ4v) is 3.84. The maximum absolute atomic E-state index is 12.7. The number of anilines is 3. The Morgan fingerprint density at radius 1 is 1.12 bits per heavy atom. The third kappa shape index (κ3) is 4.62. The van der Waals surface area contributed by atoms with Gasteiger partial charge in [0.1, 0.15) is 22.7 Å². The Morgan fingerprint density at radius 2 is 1.94 bits per heavy atom. The summed E-state index contributed by atoms with van der Waals surface area (Å²) in [5.41, 5.74) is 2.10. The number of aromatic nitrogens is 4. The number of carbonyl (C=O) groups is 1. The third-order valence-electron chi connectivity index (χ3n) is 5.67. The van der Waals surface area contributed by atoms with Crippen molar-refractivity contribution in [3.05, 3.63) is 60.4 Å². The summed E-state index contributed by atoms with van der Waals surface area (Å²) in [5, 5.41) is 17.8. The first-order chi connectivity index (χ1) is 16.6. The summed E-state index contributed by atoms with van der Waals surface area (Å²) in [7, 11) is 3.87. The number of H-pyrrole nitrogens is 1. The van der Waals surface area contributed by atoms with E-state index in [0.717, 1.165) is 36.4 Å². The zero-order valence-corrected chi connectivity index (χ0v) is 19.0. The van der Waals surface area contributed by atoms with Crippen molar-refractivity contribution in [2.24, 2.45) is 0 Å². The summed E-state index contributed by atoms with van der Waals surface area (Å²) >= 11 is 0. The number of nitrogens with zero attached hydrogens (tertiary/aromatic N) is 4. The molecule has 1 fully saturated rings. The molecule has 1 amide bonds. The highest BCUT2D eigenvalue weighted by atomic mass is 16.5. The number of hydrogen-bond acceptors (Lipinski definition) is 8. The summed E-state index contributed by atoms with van der Waals surface area (Å²) < 4.78 is 6.15. The van der Waals surface area contributed by atoms with Crippen LogP contribution >= 0.6 is 0 Å². The van der Waals surface area contributed by atoms with E-state index >= 15 is 0 Å². The normalized spacial score (nSPS) is 15.3. The van der Waals surface area contributed by atoms with Gasteiger partial charge in [0, 0.05) is 62.5 Å². The lowest BCUT2D eigenvalue weighted by atomic mass is 10.2. The Hall–Kier alpha value is -4.18. The Kier molecular flexibility index (Phi) is 5.96. The molecule has 10 heteroatoms. The van der Waals surface area contributed by atoms with Gasteiger partial charge in [0.2, 0.25) is 0 Å². The van der Waals surface area contributed by atoms with Crippen LogP contribution in [0.25, 0.3) is 11.0 Å². The monoisotopic (exact) mass is 458 g/mol. The standard InChI is InChI=1S/C24H26N8O2/c1-32(2)17-8-11-26-20(13-17)29-24(33)15-3-5-18(6-4-15)34-19-9-12-27-22-21(19)23(31-30-22)28-16-7-10-25-14-16/h3-6,8-9,11-13,16,25H,7,10,14H2,1-2H3,(H,26,29,33)(H2,27,28,30,31). The minimum atomic E-state index is -0.243. The van der Waals surface area contributed by atoms with Crippen molar-refractivity contribution in [3.8, 4) is 11.5 Å².